The number of H-pyrrole nitrogens is 2. The van der Waals surface area contributed by atoms with Crippen LogP contribution < -0.4 is 5.32 Å². The second-order valence-electron chi connectivity index (χ2n) is 8.78. The molecular weight excluding hydrogens is 564 g/mol. The zero-order valence-corrected chi connectivity index (χ0v) is 21.7. The van der Waals surface area contributed by atoms with E-state index in [1.165, 1.54) is 26.8 Å². The predicted octanol–water partition coefficient (Wildman–Crippen LogP) is 7.29. The third-order valence-corrected chi connectivity index (χ3v) is 6.96. The third-order valence-electron chi connectivity index (χ3n) is 6.33. The maximum Gasteiger partial charge on any atom is 0.123 e. The van der Waals surface area contributed by atoms with Crippen LogP contribution >= 0.6 is 22.6 Å². The molecule has 0 radical (unpaired) electrons. The van der Waals surface area contributed by atoms with Gasteiger partial charge >= 0.3 is 0 Å². The topological polar surface area (TPSA) is 69.4 Å². The quantitative estimate of drug-likeness (QED) is 0.179. The maximum absolute atomic E-state index is 13.9. The fourth-order valence-electron chi connectivity index (χ4n) is 4.63. The summed E-state index contributed by atoms with van der Waals surface area (Å²) in [6.45, 7) is 3.90. The Morgan fingerprint density at radius 3 is 2.61 bits per heavy atom. The number of hydrogen-bond acceptors (Lipinski definition) is 3. The fourth-order valence-corrected chi connectivity index (χ4v) is 5.37. The minimum atomic E-state index is -0.280. The molecule has 3 heterocycles. The molecule has 0 saturated carbocycles. The van der Waals surface area contributed by atoms with Gasteiger partial charge in [0, 0.05) is 38.2 Å². The lowest BCUT2D eigenvalue weighted by molar-refractivity contribution is 0.628. The molecule has 0 spiro atoms. The molecule has 36 heavy (non-hydrogen) atoms. The van der Waals surface area contributed by atoms with Crippen LogP contribution in [0.15, 0.2) is 79.0 Å². The molecule has 3 N–H and O–H groups in total. The molecule has 6 rings (SSSR count). The van der Waals surface area contributed by atoms with E-state index in [1.54, 1.807) is 12.3 Å². The molecule has 0 bridgehead atoms. The summed E-state index contributed by atoms with van der Waals surface area (Å²) in [5, 5.41) is 13.2. The molecular formula is C29H23FIN5. The second kappa shape index (κ2) is 9.48. The Labute approximate surface area is 221 Å². The van der Waals surface area contributed by atoms with Crippen LogP contribution in [0.4, 0.5) is 4.39 Å². The maximum atomic E-state index is 13.9. The van der Waals surface area contributed by atoms with Crippen LogP contribution in [0.5, 0.6) is 0 Å². The van der Waals surface area contributed by atoms with Crippen molar-refractivity contribution in [3.8, 4) is 33.8 Å². The van der Waals surface area contributed by atoms with Gasteiger partial charge in [-0.2, -0.15) is 5.10 Å². The number of hydrogen-bond donors (Lipinski definition) is 3. The summed E-state index contributed by atoms with van der Waals surface area (Å²) in [4.78, 5) is 8.04. The van der Waals surface area contributed by atoms with Gasteiger partial charge in [0.25, 0.3) is 0 Å². The van der Waals surface area contributed by atoms with E-state index in [9.17, 15) is 4.39 Å². The highest BCUT2D eigenvalue weighted by Gasteiger charge is 2.15. The van der Waals surface area contributed by atoms with Crippen molar-refractivity contribution in [1.82, 2.24) is 25.5 Å². The monoisotopic (exact) mass is 587 g/mol. The molecule has 6 aromatic rings. The molecule has 0 aliphatic rings. The number of rotatable bonds is 6. The molecule has 0 unspecified atom stereocenters. The van der Waals surface area contributed by atoms with Crippen LogP contribution in [0.2, 0.25) is 0 Å². The summed E-state index contributed by atoms with van der Waals surface area (Å²) < 4.78 is 15.1. The fraction of sp³-hybridized carbons (Fsp3) is 0.103. The van der Waals surface area contributed by atoms with E-state index < -0.39 is 0 Å². The average molecular weight is 587 g/mol. The van der Waals surface area contributed by atoms with Crippen LogP contribution in [-0.4, -0.2) is 26.7 Å². The first kappa shape index (κ1) is 22.9. The molecule has 3 aromatic heterocycles. The molecule has 0 atom stereocenters. The van der Waals surface area contributed by atoms with Gasteiger partial charge in [0.2, 0.25) is 0 Å². The molecule has 3 aromatic carbocycles. The van der Waals surface area contributed by atoms with E-state index in [4.69, 9.17) is 0 Å². The number of fused-ring (bicyclic) bond motifs is 2. The lowest BCUT2D eigenvalue weighted by Crippen LogP contribution is -2.11. The number of pyridine rings is 1. The number of aromatic nitrogens is 4. The lowest BCUT2D eigenvalue weighted by atomic mass is 10.0. The van der Waals surface area contributed by atoms with Crippen molar-refractivity contribution in [3.63, 3.8) is 0 Å². The van der Waals surface area contributed by atoms with E-state index in [2.05, 4.69) is 91.4 Å². The van der Waals surface area contributed by atoms with Crippen LogP contribution in [0.1, 0.15) is 12.5 Å². The number of aromatic amines is 2. The normalized spacial score (nSPS) is 11.5. The standard InChI is InChI=1S/C29H23FIN5/c1-2-32-16-17-10-20(13-22(31)11-17)18-6-7-26-23(14-18)29(36-35-26)27-15-24-25(34-27)8-9-33-28(24)19-4-3-5-21(30)12-19/h3-15,32,34H,2,16H2,1H3,(H,35,36). The summed E-state index contributed by atoms with van der Waals surface area (Å²) in [6, 6.07) is 23.6. The van der Waals surface area contributed by atoms with Gasteiger partial charge < -0.3 is 10.3 Å². The van der Waals surface area contributed by atoms with E-state index in [0.29, 0.717) is 0 Å². The molecule has 0 amide bonds. The SMILES string of the molecule is CCNCc1cc(I)cc(-c2ccc3[nH]nc(-c4cc5c(-c6cccc(F)c6)nccc5[nH]4)c3c2)c1. The molecule has 0 aliphatic heterocycles. The first-order chi connectivity index (χ1) is 17.6. The van der Waals surface area contributed by atoms with Crippen LogP contribution in [0, 0.1) is 9.39 Å². The smallest absolute Gasteiger partial charge is 0.123 e. The van der Waals surface area contributed by atoms with Crippen molar-refractivity contribution in [1.29, 1.82) is 0 Å². The van der Waals surface area contributed by atoms with Crippen molar-refractivity contribution < 1.29 is 4.39 Å². The predicted molar refractivity (Wildman–Crippen MR) is 152 cm³/mol. The Morgan fingerprint density at radius 2 is 1.75 bits per heavy atom. The van der Waals surface area contributed by atoms with Crippen LogP contribution in [0.25, 0.3) is 55.6 Å². The van der Waals surface area contributed by atoms with Crippen LogP contribution in [-0.2, 0) is 6.54 Å². The van der Waals surface area contributed by atoms with Gasteiger partial charge in [0.15, 0.2) is 0 Å². The van der Waals surface area contributed by atoms with Crippen molar-refractivity contribution in [3.05, 3.63) is 93.9 Å². The zero-order chi connectivity index (χ0) is 24.6. The molecule has 0 saturated heterocycles. The van der Waals surface area contributed by atoms with Crippen molar-refractivity contribution >= 4 is 44.4 Å². The van der Waals surface area contributed by atoms with Gasteiger partial charge in [0.1, 0.15) is 11.5 Å². The minimum absolute atomic E-state index is 0.280. The highest BCUT2D eigenvalue weighted by atomic mass is 127. The number of benzene rings is 3. The largest absolute Gasteiger partial charge is 0.353 e. The van der Waals surface area contributed by atoms with Crippen molar-refractivity contribution in [2.75, 3.05) is 6.54 Å². The van der Waals surface area contributed by atoms with Gasteiger partial charge in [-0.05, 0) is 100 Å². The van der Waals surface area contributed by atoms with Gasteiger partial charge in [-0.1, -0.05) is 25.1 Å². The molecule has 7 heteroatoms. The number of halogens is 2. The molecule has 178 valence electrons. The summed E-state index contributed by atoms with van der Waals surface area (Å²) in [7, 11) is 0. The van der Waals surface area contributed by atoms with Gasteiger partial charge in [0.05, 0.1) is 16.9 Å². The summed E-state index contributed by atoms with van der Waals surface area (Å²) >= 11 is 2.38. The third kappa shape index (κ3) is 4.29. The Hall–Kier alpha value is -3.56. The van der Waals surface area contributed by atoms with Crippen molar-refractivity contribution in [2.24, 2.45) is 0 Å². The molecule has 5 nitrogen and oxygen atoms in total. The Morgan fingerprint density at radius 1 is 0.861 bits per heavy atom. The Kier molecular flexibility index (Phi) is 6.02. The van der Waals surface area contributed by atoms with E-state index in [-0.39, 0.29) is 5.82 Å². The highest BCUT2D eigenvalue weighted by molar-refractivity contribution is 14.1. The number of nitrogens with one attached hydrogen (secondary N) is 3. The summed E-state index contributed by atoms with van der Waals surface area (Å²) in [5.41, 5.74) is 8.68. The van der Waals surface area contributed by atoms with Crippen molar-refractivity contribution in [2.45, 2.75) is 13.5 Å². The van der Waals surface area contributed by atoms with E-state index >= 15 is 0 Å². The summed E-state index contributed by atoms with van der Waals surface area (Å²) in [5.74, 6) is -0.280. The Balaban J connectivity index is 1.45. The molecule has 0 fully saturated rings. The minimum Gasteiger partial charge on any atom is -0.353 e. The summed E-state index contributed by atoms with van der Waals surface area (Å²) in [6.07, 6.45) is 1.74. The Bertz CT molecular complexity index is 1720. The van der Waals surface area contributed by atoms with Crippen LogP contribution in [0.3, 0.4) is 0 Å². The van der Waals surface area contributed by atoms with Gasteiger partial charge in [-0.25, -0.2) is 4.39 Å². The van der Waals surface area contributed by atoms with E-state index in [0.717, 1.165) is 63.1 Å². The van der Waals surface area contributed by atoms with E-state index in [1.807, 2.05) is 18.2 Å². The van der Waals surface area contributed by atoms with Gasteiger partial charge in [-0.3, -0.25) is 10.1 Å². The zero-order valence-electron chi connectivity index (χ0n) is 19.6. The lowest BCUT2D eigenvalue weighted by Gasteiger charge is -2.08. The first-order valence-electron chi connectivity index (χ1n) is 11.8. The second-order valence-corrected chi connectivity index (χ2v) is 10.0. The highest BCUT2D eigenvalue weighted by Crippen LogP contribution is 2.35. The average Bonchev–Trinajstić information content (AvgIpc) is 3.50. The molecule has 0 aliphatic carbocycles. The van der Waals surface area contributed by atoms with Gasteiger partial charge in [-0.15, -0.1) is 0 Å². The number of nitrogens with zero attached hydrogens (tertiary/aromatic N) is 2. The first-order valence-corrected chi connectivity index (χ1v) is 12.9.